The summed E-state index contributed by atoms with van der Waals surface area (Å²) in [5.74, 6) is 0.762. The molecule has 0 aromatic carbocycles. The Hall–Kier alpha value is -1.46. The first-order chi connectivity index (χ1) is 8.91. The lowest BCUT2D eigenvalue weighted by Gasteiger charge is -2.52. The summed E-state index contributed by atoms with van der Waals surface area (Å²) in [7, 11) is 2.58. The number of carbonyl (C=O) groups excluding carboxylic acids is 2. The van der Waals surface area contributed by atoms with E-state index in [0.29, 0.717) is 25.0 Å². The van der Waals surface area contributed by atoms with Crippen LogP contribution in [0.3, 0.4) is 0 Å². The highest BCUT2D eigenvalue weighted by Gasteiger charge is 2.48. The van der Waals surface area contributed by atoms with E-state index in [-0.39, 0.29) is 5.41 Å². The molecule has 0 radical (unpaired) electrons. The second kappa shape index (κ2) is 6.63. The monoisotopic (exact) mass is 274 g/mol. The smallest absolute Gasteiger partial charge is 0.438 e. The highest BCUT2D eigenvalue weighted by Crippen LogP contribution is 2.52. The summed E-state index contributed by atoms with van der Waals surface area (Å²) in [6.45, 7) is 4.98. The van der Waals surface area contributed by atoms with Crippen molar-refractivity contribution in [2.24, 2.45) is 17.3 Å². The largest absolute Gasteiger partial charge is 0.507 e. The summed E-state index contributed by atoms with van der Waals surface area (Å²) >= 11 is 0. The van der Waals surface area contributed by atoms with E-state index >= 15 is 0 Å². The third-order valence-electron chi connectivity index (χ3n) is 4.10. The molecule has 1 fully saturated rings. The van der Waals surface area contributed by atoms with Gasteiger partial charge in [-0.2, -0.15) is 0 Å². The van der Waals surface area contributed by atoms with Crippen LogP contribution in [-0.2, 0) is 18.9 Å². The molecular weight excluding hydrogens is 252 g/mol. The van der Waals surface area contributed by atoms with Gasteiger partial charge in [0.15, 0.2) is 0 Å². The number of rotatable bonds is 5. The van der Waals surface area contributed by atoms with Crippen LogP contribution in [0.5, 0.6) is 0 Å². The lowest BCUT2D eigenvalue weighted by atomic mass is 9.54. The molecule has 0 saturated heterocycles. The molecule has 1 aliphatic carbocycles. The van der Waals surface area contributed by atoms with Crippen molar-refractivity contribution in [3.8, 4) is 0 Å². The number of hydrogen-bond donors (Lipinski definition) is 0. The molecule has 0 heterocycles. The SMILES string of the molecule is COC(=O)OCC[C@H]1C[C@@H](COC(=O)OC)C1(C)C. The van der Waals surface area contributed by atoms with E-state index in [1.165, 1.54) is 14.2 Å². The van der Waals surface area contributed by atoms with Gasteiger partial charge >= 0.3 is 12.3 Å². The van der Waals surface area contributed by atoms with Crippen molar-refractivity contribution in [3.63, 3.8) is 0 Å². The molecule has 19 heavy (non-hydrogen) atoms. The predicted octanol–water partition coefficient (Wildman–Crippen LogP) is 2.60. The fourth-order valence-corrected chi connectivity index (χ4v) is 2.47. The Morgan fingerprint density at radius 2 is 1.63 bits per heavy atom. The summed E-state index contributed by atoms with van der Waals surface area (Å²) in [5.41, 5.74) is 0.0630. The van der Waals surface area contributed by atoms with Gasteiger partial charge in [-0.05, 0) is 30.1 Å². The van der Waals surface area contributed by atoms with Crippen LogP contribution in [0.1, 0.15) is 26.7 Å². The van der Waals surface area contributed by atoms with Crippen LogP contribution in [0.2, 0.25) is 0 Å². The Bertz CT molecular complexity index is 325. The third kappa shape index (κ3) is 4.01. The number of ether oxygens (including phenoxy) is 4. The molecule has 6 heteroatoms. The zero-order chi connectivity index (χ0) is 14.5. The fourth-order valence-electron chi connectivity index (χ4n) is 2.47. The standard InChI is InChI=1S/C13H22O6/c1-13(2)9(5-6-18-11(14)16-3)7-10(13)8-19-12(15)17-4/h9-10H,5-8H2,1-4H3/t9-,10-/m0/s1. The van der Waals surface area contributed by atoms with E-state index in [2.05, 4.69) is 23.3 Å². The zero-order valence-electron chi connectivity index (χ0n) is 11.9. The average molecular weight is 274 g/mol. The van der Waals surface area contributed by atoms with Crippen molar-refractivity contribution >= 4 is 12.3 Å². The molecule has 1 rings (SSSR count). The minimum Gasteiger partial charge on any atom is -0.438 e. The lowest BCUT2D eigenvalue weighted by Crippen LogP contribution is -2.47. The van der Waals surface area contributed by atoms with Crippen molar-refractivity contribution in [1.29, 1.82) is 0 Å². The van der Waals surface area contributed by atoms with Gasteiger partial charge in [-0.25, -0.2) is 9.59 Å². The molecule has 0 aliphatic heterocycles. The molecule has 2 atom stereocenters. The van der Waals surface area contributed by atoms with Crippen LogP contribution in [0, 0.1) is 17.3 Å². The van der Waals surface area contributed by atoms with E-state index in [4.69, 9.17) is 9.47 Å². The van der Waals surface area contributed by atoms with Gasteiger partial charge in [0.05, 0.1) is 27.4 Å². The summed E-state index contributed by atoms with van der Waals surface area (Å²) < 4.78 is 18.7. The molecule has 0 unspecified atom stereocenters. The van der Waals surface area contributed by atoms with Crippen LogP contribution in [0.25, 0.3) is 0 Å². The maximum atomic E-state index is 10.9. The maximum absolute atomic E-state index is 10.9. The molecule has 1 saturated carbocycles. The highest BCUT2D eigenvalue weighted by atomic mass is 16.7. The van der Waals surface area contributed by atoms with Crippen molar-refractivity contribution in [3.05, 3.63) is 0 Å². The van der Waals surface area contributed by atoms with Crippen molar-refractivity contribution in [2.45, 2.75) is 26.7 Å². The minimum atomic E-state index is -0.650. The summed E-state index contributed by atoms with van der Waals surface area (Å²) in [6, 6.07) is 0. The Balaban J connectivity index is 2.26. The normalized spacial score (nSPS) is 24.0. The Labute approximate surface area is 113 Å². The van der Waals surface area contributed by atoms with Gasteiger partial charge in [0.1, 0.15) is 0 Å². The first kappa shape index (κ1) is 15.6. The second-order valence-corrected chi connectivity index (χ2v) is 5.31. The Morgan fingerprint density at radius 3 is 2.16 bits per heavy atom. The molecular formula is C13H22O6. The quantitative estimate of drug-likeness (QED) is 0.718. The van der Waals surface area contributed by atoms with E-state index in [0.717, 1.165) is 12.8 Å². The number of hydrogen-bond acceptors (Lipinski definition) is 6. The molecule has 0 aromatic heterocycles. The maximum Gasteiger partial charge on any atom is 0.507 e. The molecule has 0 N–H and O–H groups in total. The fraction of sp³-hybridized carbons (Fsp3) is 0.846. The van der Waals surface area contributed by atoms with Gasteiger partial charge in [0.25, 0.3) is 0 Å². The molecule has 110 valence electrons. The van der Waals surface area contributed by atoms with Gasteiger partial charge in [-0.1, -0.05) is 13.8 Å². The molecule has 0 aromatic rings. The molecule has 0 amide bonds. The minimum absolute atomic E-state index is 0.0630. The van der Waals surface area contributed by atoms with E-state index in [9.17, 15) is 9.59 Å². The summed E-state index contributed by atoms with van der Waals surface area (Å²) in [5, 5.41) is 0. The zero-order valence-corrected chi connectivity index (χ0v) is 11.9. The number of methoxy groups -OCH3 is 2. The molecule has 1 aliphatic rings. The van der Waals surface area contributed by atoms with Gasteiger partial charge in [0, 0.05) is 0 Å². The van der Waals surface area contributed by atoms with Crippen molar-refractivity contribution in [2.75, 3.05) is 27.4 Å². The van der Waals surface area contributed by atoms with Crippen LogP contribution in [0.15, 0.2) is 0 Å². The van der Waals surface area contributed by atoms with Crippen molar-refractivity contribution in [1.82, 2.24) is 0 Å². The van der Waals surface area contributed by atoms with Gasteiger partial charge in [-0.15, -0.1) is 0 Å². The van der Waals surface area contributed by atoms with E-state index < -0.39 is 12.3 Å². The van der Waals surface area contributed by atoms with Crippen molar-refractivity contribution < 1.29 is 28.5 Å². The highest BCUT2D eigenvalue weighted by molar-refractivity contribution is 5.59. The first-order valence-electron chi connectivity index (χ1n) is 6.33. The van der Waals surface area contributed by atoms with Crippen LogP contribution >= 0.6 is 0 Å². The predicted molar refractivity (Wildman–Crippen MR) is 66.7 cm³/mol. The first-order valence-corrected chi connectivity index (χ1v) is 6.33. The van der Waals surface area contributed by atoms with Crippen LogP contribution in [-0.4, -0.2) is 39.7 Å². The second-order valence-electron chi connectivity index (χ2n) is 5.31. The lowest BCUT2D eigenvalue weighted by molar-refractivity contribution is -0.0733. The summed E-state index contributed by atoms with van der Waals surface area (Å²) in [6.07, 6.45) is 0.446. The van der Waals surface area contributed by atoms with Gasteiger partial charge in [-0.3, -0.25) is 0 Å². The van der Waals surface area contributed by atoms with Crippen LogP contribution in [0.4, 0.5) is 9.59 Å². The topological polar surface area (TPSA) is 71.1 Å². The molecule has 0 spiro atoms. The van der Waals surface area contributed by atoms with Crippen LogP contribution < -0.4 is 0 Å². The average Bonchev–Trinajstić information content (AvgIpc) is 2.39. The third-order valence-corrected chi connectivity index (χ3v) is 4.10. The van der Waals surface area contributed by atoms with Gasteiger partial charge < -0.3 is 18.9 Å². The Kier molecular flexibility index (Phi) is 5.44. The van der Waals surface area contributed by atoms with E-state index in [1.54, 1.807) is 0 Å². The van der Waals surface area contributed by atoms with E-state index in [1.807, 2.05) is 0 Å². The molecule has 0 bridgehead atoms. The molecule has 6 nitrogen and oxygen atoms in total. The summed E-state index contributed by atoms with van der Waals surface area (Å²) in [4.78, 5) is 21.7. The number of carbonyl (C=O) groups is 2. The Morgan fingerprint density at radius 1 is 1.05 bits per heavy atom. The van der Waals surface area contributed by atoms with Gasteiger partial charge in [0.2, 0.25) is 0 Å².